The van der Waals surface area contributed by atoms with Crippen LogP contribution in [0.25, 0.3) is 0 Å². The summed E-state index contributed by atoms with van der Waals surface area (Å²) >= 11 is 0. The third kappa shape index (κ3) is 11.3. The second kappa shape index (κ2) is 17.6. The van der Waals surface area contributed by atoms with Crippen molar-refractivity contribution in [3.63, 3.8) is 0 Å². The first-order valence-electron chi connectivity index (χ1n) is 11.1. The van der Waals surface area contributed by atoms with E-state index in [1.54, 1.807) is 0 Å². The van der Waals surface area contributed by atoms with Crippen molar-refractivity contribution >= 4 is 23.2 Å². The first kappa shape index (κ1) is 33.2. The Labute approximate surface area is 225 Å². The monoisotopic (exact) mass is 537 g/mol. The summed E-state index contributed by atoms with van der Waals surface area (Å²) in [5.74, 6) is -3.63. The molecule has 0 N–H and O–H groups in total. The Morgan fingerprint density at radius 2 is 1.11 bits per heavy atom. The molecule has 0 aliphatic rings. The Hall–Kier alpha value is -2.84. The number of hydrogen-bond acceptors (Lipinski definition) is 2. The molecule has 3 aromatic rings. The Bertz CT molecular complexity index is 973. The van der Waals surface area contributed by atoms with E-state index in [1.165, 1.54) is 36.0 Å². The van der Waals surface area contributed by atoms with Crippen molar-refractivity contribution in [2.75, 3.05) is 23.9 Å². The molecule has 0 saturated carbocycles. The minimum Gasteiger partial charge on any atom is -0.366 e. The Morgan fingerprint density at radius 1 is 0.750 bits per heavy atom. The van der Waals surface area contributed by atoms with E-state index in [0.29, 0.717) is 25.7 Å². The second-order valence-electron chi connectivity index (χ2n) is 7.38. The number of carbonyl (C=O) groups is 2. The van der Waals surface area contributed by atoms with Crippen LogP contribution in [0.4, 0.5) is 28.9 Å². The van der Waals surface area contributed by atoms with Crippen LogP contribution in [-0.4, -0.2) is 25.9 Å². The summed E-state index contributed by atoms with van der Waals surface area (Å²) in [6, 6.07) is 18.4. The molecule has 3 rings (SSSR count). The van der Waals surface area contributed by atoms with Gasteiger partial charge in [-0.15, -0.1) is 36.4 Å². The van der Waals surface area contributed by atoms with Gasteiger partial charge in [0.1, 0.15) is 0 Å². The largest absolute Gasteiger partial charge is 3.00 e. The van der Waals surface area contributed by atoms with E-state index in [1.807, 2.05) is 56.3 Å². The minimum absolute atomic E-state index is 0. The smallest absolute Gasteiger partial charge is 0.366 e. The van der Waals surface area contributed by atoms with Gasteiger partial charge in [-0.2, -0.15) is 18.2 Å². The van der Waals surface area contributed by atoms with E-state index < -0.39 is 23.3 Å². The molecule has 0 aliphatic heterocycles. The number of rotatable bonds is 6. The van der Waals surface area contributed by atoms with Crippen LogP contribution in [0.5, 0.6) is 0 Å². The van der Waals surface area contributed by atoms with Crippen LogP contribution in [0.1, 0.15) is 39.5 Å². The summed E-state index contributed by atoms with van der Waals surface area (Å²) < 4.78 is 51.5. The van der Waals surface area contributed by atoms with Crippen LogP contribution in [0.3, 0.4) is 0 Å². The van der Waals surface area contributed by atoms with Crippen molar-refractivity contribution in [2.24, 2.45) is 0 Å². The standard InChI is InChI=1S/2C11H12F2NO.C5H5.Ti/c2*1-3-4-11(15)14(2)10-6-5-8(12)7-9(10)13;1-2-4-5-3-1;/h2*5-6H,3-4H2,1-2H3;1-5H;/q3*-1;+3. The Kier molecular flexibility index (Phi) is 16.2. The van der Waals surface area contributed by atoms with E-state index in [2.05, 4.69) is 0 Å². The number of benzene rings is 2. The molecule has 4 nitrogen and oxygen atoms in total. The predicted molar refractivity (Wildman–Crippen MR) is 129 cm³/mol. The molecule has 191 valence electrons. The molecule has 0 aromatic heterocycles. The normalized spacial score (nSPS) is 9.56. The minimum atomic E-state index is -0.845. The quantitative estimate of drug-likeness (QED) is 0.206. The maximum atomic E-state index is 13.2. The molecule has 36 heavy (non-hydrogen) atoms. The zero-order valence-electron chi connectivity index (χ0n) is 20.7. The number of anilines is 2. The molecule has 0 fully saturated rings. The Balaban J connectivity index is 0.000000556. The van der Waals surface area contributed by atoms with Gasteiger partial charge in [0, 0.05) is 50.2 Å². The maximum absolute atomic E-state index is 13.2. The van der Waals surface area contributed by atoms with Gasteiger partial charge < -0.3 is 9.80 Å². The third-order valence-electron chi connectivity index (χ3n) is 4.64. The first-order chi connectivity index (χ1) is 16.6. The van der Waals surface area contributed by atoms with Crippen molar-refractivity contribution < 1.29 is 48.9 Å². The van der Waals surface area contributed by atoms with Gasteiger partial charge in [0.15, 0.2) is 0 Å². The van der Waals surface area contributed by atoms with Gasteiger partial charge in [0.25, 0.3) is 0 Å². The Morgan fingerprint density at radius 3 is 1.36 bits per heavy atom. The van der Waals surface area contributed by atoms with Crippen LogP contribution < -0.4 is 9.80 Å². The van der Waals surface area contributed by atoms with Gasteiger partial charge in [0.05, 0.1) is 0 Å². The van der Waals surface area contributed by atoms with E-state index in [4.69, 9.17) is 0 Å². The first-order valence-corrected chi connectivity index (χ1v) is 11.1. The molecule has 0 atom stereocenters. The molecule has 2 amide bonds. The van der Waals surface area contributed by atoms with Gasteiger partial charge in [-0.25, -0.2) is 29.7 Å². The zero-order valence-corrected chi connectivity index (χ0v) is 22.3. The van der Waals surface area contributed by atoms with Gasteiger partial charge in [0.2, 0.25) is 11.8 Å². The summed E-state index contributed by atoms with van der Waals surface area (Å²) in [5, 5.41) is 0. The SMILES string of the molecule is CCCC(=O)N(C)c1ccc(F)[c-]c1F.CCCC(=O)N(C)c1ccc(F)[c-]c1F.[Ti+3].c1cc[cH-]c1. The van der Waals surface area contributed by atoms with E-state index in [-0.39, 0.29) is 44.9 Å². The van der Waals surface area contributed by atoms with Gasteiger partial charge in [-0.3, -0.25) is 9.59 Å². The molecule has 1 radical (unpaired) electrons. The summed E-state index contributed by atoms with van der Waals surface area (Å²) in [4.78, 5) is 25.2. The van der Waals surface area contributed by atoms with Gasteiger partial charge >= 0.3 is 21.7 Å². The van der Waals surface area contributed by atoms with E-state index in [0.717, 1.165) is 12.1 Å². The van der Waals surface area contributed by atoms with Crippen LogP contribution in [0.2, 0.25) is 0 Å². The van der Waals surface area contributed by atoms with Crippen LogP contribution >= 0.6 is 0 Å². The number of nitrogens with zero attached hydrogens (tertiary/aromatic N) is 2. The van der Waals surface area contributed by atoms with Gasteiger partial charge in [-0.1, -0.05) is 13.8 Å². The molecular formula is C27H29F4N2O2Ti. The molecule has 0 heterocycles. The second-order valence-corrected chi connectivity index (χ2v) is 7.38. The number of carbonyl (C=O) groups excluding carboxylic acids is 2. The van der Waals surface area contributed by atoms with Crippen molar-refractivity contribution in [3.8, 4) is 0 Å². The number of amides is 2. The summed E-state index contributed by atoms with van der Waals surface area (Å²) in [5.41, 5.74) is 0.102. The molecular weight excluding hydrogens is 508 g/mol. The van der Waals surface area contributed by atoms with Crippen molar-refractivity contribution in [1.82, 2.24) is 0 Å². The summed E-state index contributed by atoms with van der Waals surface area (Å²) in [7, 11) is 2.92. The molecule has 0 spiro atoms. The van der Waals surface area contributed by atoms with E-state index >= 15 is 0 Å². The number of hydrogen-bond donors (Lipinski definition) is 0. The van der Waals surface area contributed by atoms with Crippen molar-refractivity contribution in [3.05, 3.63) is 90.0 Å². The van der Waals surface area contributed by atoms with Crippen LogP contribution in [-0.2, 0) is 31.3 Å². The molecule has 9 heteroatoms. The fourth-order valence-corrected chi connectivity index (χ4v) is 2.74. The van der Waals surface area contributed by atoms with Crippen molar-refractivity contribution in [1.29, 1.82) is 0 Å². The van der Waals surface area contributed by atoms with Crippen LogP contribution in [0.15, 0.2) is 54.6 Å². The molecule has 3 aromatic carbocycles. The fraction of sp³-hybridized carbons (Fsp3) is 0.296. The molecule has 0 unspecified atom stereocenters. The van der Waals surface area contributed by atoms with Crippen molar-refractivity contribution in [2.45, 2.75) is 39.5 Å². The molecule has 0 bridgehead atoms. The average molecular weight is 537 g/mol. The summed E-state index contributed by atoms with van der Waals surface area (Å²) in [6.07, 6.45) is 2.06. The average Bonchev–Trinajstić information content (AvgIpc) is 3.39. The predicted octanol–water partition coefficient (Wildman–Crippen LogP) is 6.46. The zero-order chi connectivity index (χ0) is 26.4. The summed E-state index contributed by atoms with van der Waals surface area (Å²) in [6.45, 7) is 3.72. The number of halogens is 4. The van der Waals surface area contributed by atoms with Gasteiger partial charge in [-0.05, 0) is 24.2 Å². The maximum Gasteiger partial charge on any atom is 3.00 e. The topological polar surface area (TPSA) is 40.6 Å². The molecule has 0 saturated heterocycles. The van der Waals surface area contributed by atoms with E-state index in [9.17, 15) is 27.2 Å². The third-order valence-corrected chi connectivity index (χ3v) is 4.64. The van der Waals surface area contributed by atoms with Crippen LogP contribution in [0, 0.1) is 35.4 Å². The molecule has 0 aliphatic carbocycles. The fourth-order valence-electron chi connectivity index (χ4n) is 2.74.